The van der Waals surface area contributed by atoms with Gasteiger partial charge in [0.05, 0.1) is 6.54 Å². The molecule has 0 saturated heterocycles. The van der Waals surface area contributed by atoms with Crippen LogP contribution in [0.4, 0.5) is 13.2 Å². The quantitative estimate of drug-likeness (QED) is 0.646. The molecule has 1 rings (SSSR count). The molecule has 1 aromatic carbocycles. The summed E-state index contributed by atoms with van der Waals surface area (Å²) >= 11 is 0. The maximum atomic E-state index is 12.0. The van der Waals surface area contributed by atoms with Crippen molar-refractivity contribution in [3.63, 3.8) is 0 Å². The number of alkyl halides is 3. The molecule has 1 aromatic rings. The van der Waals surface area contributed by atoms with Gasteiger partial charge in [0.15, 0.2) is 0 Å². The fourth-order valence-electron chi connectivity index (χ4n) is 1.53. The van der Waals surface area contributed by atoms with E-state index in [4.69, 9.17) is 4.74 Å². The molecule has 1 N–H and O–H groups in total. The zero-order valence-electron chi connectivity index (χ0n) is 12.3. The van der Waals surface area contributed by atoms with Gasteiger partial charge < -0.3 is 10.1 Å². The summed E-state index contributed by atoms with van der Waals surface area (Å²) in [6.45, 7) is 1.83. The van der Waals surface area contributed by atoms with Crippen molar-refractivity contribution in [2.75, 3.05) is 13.2 Å². The summed E-state index contributed by atoms with van der Waals surface area (Å²) in [5.74, 6) is 4.58. The van der Waals surface area contributed by atoms with Gasteiger partial charge in [-0.25, -0.2) is 0 Å². The molecule has 0 fully saturated rings. The van der Waals surface area contributed by atoms with Crippen molar-refractivity contribution < 1.29 is 22.7 Å². The molecule has 0 bridgehead atoms. The molecule has 0 aliphatic carbocycles. The van der Waals surface area contributed by atoms with E-state index in [-0.39, 0.29) is 13.2 Å². The average molecular weight is 313 g/mol. The first-order valence-corrected chi connectivity index (χ1v) is 7.00. The first-order valence-electron chi connectivity index (χ1n) is 7.00. The molecule has 0 saturated carbocycles. The zero-order chi connectivity index (χ0) is 16.4. The fourth-order valence-corrected chi connectivity index (χ4v) is 1.53. The summed E-state index contributed by atoms with van der Waals surface area (Å²) in [6.07, 6.45) is -1.91. The number of hydrogen-bond acceptors (Lipinski definition) is 2. The molecule has 0 spiro atoms. The Morgan fingerprint density at radius 1 is 1.36 bits per heavy atom. The Morgan fingerprint density at radius 3 is 2.82 bits per heavy atom. The van der Waals surface area contributed by atoms with Crippen LogP contribution in [0.5, 0.6) is 5.75 Å². The molecule has 0 aliphatic heterocycles. The van der Waals surface area contributed by atoms with Crippen LogP contribution in [0.3, 0.4) is 0 Å². The third-order valence-corrected chi connectivity index (χ3v) is 2.64. The lowest BCUT2D eigenvalue weighted by atomic mass is 10.2. The van der Waals surface area contributed by atoms with Crippen LogP contribution >= 0.6 is 0 Å². The van der Waals surface area contributed by atoms with Crippen molar-refractivity contribution in [2.24, 2.45) is 0 Å². The summed E-state index contributed by atoms with van der Waals surface area (Å²) in [5, 5.41) is 1.74. The molecule has 0 radical (unpaired) electrons. The van der Waals surface area contributed by atoms with E-state index in [0.29, 0.717) is 5.75 Å². The van der Waals surface area contributed by atoms with Crippen molar-refractivity contribution in [1.29, 1.82) is 0 Å². The topological polar surface area (TPSA) is 38.3 Å². The number of carbonyl (C=O) groups excluding carboxylic acids is 1. The summed E-state index contributed by atoms with van der Waals surface area (Å²) in [4.78, 5) is 10.6. The third-order valence-electron chi connectivity index (χ3n) is 2.64. The minimum Gasteiger partial charge on any atom is -0.492 e. The van der Waals surface area contributed by atoms with Crippen LogP contribution in [0.2, 0.25) is 0 Å². The van der Waals surface area contributed by atoms with Gasteiger partial charge in [0.1, 0.15) is 12.4 Å². The van der Waals surface area contributed by atoms with Crippen molar-refractivity contribution in [3.05, 3.63) is 29.8 Å². The molecule has 1 amide bonds. The number of rotatable bonds is 6. The highest BCUT2D eigenvalue weighted by atomic mass is 19.4. The average Bonchev–Trinajstić information content (AvgIpc) is 2.47. The lowest BCUT2D eigenvalue weighted by molar-refractivity contribution is -0.173. The van der Waals surface area contributed by atoms with E-state index in [1.807, 2.05) is 6.07 Å². The Kier molecular flexibility index (Phi) is 7.30. The maximum Gasteiger partial charge on any atom is 0.471 e. The van der Waals surface area contributed by atoms with E-state index in [2.05, 4.69) is 18.8 Å². The van der Waals surface area contributed by atoms with E-state index in [9.17, 15) is 18.0 Å². The van der Waals surface area contributed by atoms with Gasteiger partial charge in [-0.2, -0.15) is 13.2 Å². The molecule has 22 heavy (non-hydrogen) atoms. The smallest absolute Gasteiger partial charge is 0.471 e. The van der Waals surface area contributed by atoms with Gasteiger partial charge in [-0.1, -0.05) is 31.3 Å². The van der Waals surface area contributed by atoms with Gasteiger partial charge in [-0.05, 0) is 24.6 Å². The Hall–Kier alpha value is -2.16. The number of hydrogen-bond donors (Lipinski definition) is 1. The van der Waals surface area contributed by atoms with Gasteiger partial charge in [0.2, 0.25) is 0 Å². The third kappa shape index (κ3) is 7.02. The van der Waals surface area contributed by atoms with E-state index in [0.717, 1.165) is 24.8 Å². The van der Waals surface area contributed by atoms with E-state index in [1.165, 1.54) is 0 Å². The minimum atomic E-state index is -4.87. The van der Waals surface area contributed by atoms with Crippen LogP contribution in [0, 0.1) is 11.8 Å². The Bertz CT molecular complexity index is 544. The SMILES string of the molecule is CCCCC#Cc1cccc(OCCNC(=O)C(F)(F)F)c1. The highest BCUT2D eigenvalue weighted by Crippen LogP contribution is 2.14. The molecule has 0 aliphatic rings. The Labute approximate surface area is 127 Å². The summed E-state index contributed by atoms with van der Waals surface area (Å²) in [5.41, 5.74) is 0.785. The molecule has 6 heteroatoms. The highest BCUT2D eigenvalue weighted by Gasteiger charge is 2.38. The van der Waals surface area contributed by atoms with Gasteiger partial charge in [0.25, 0.3) is 0 Å². The normalized spacial score (nSPS) is 10.5. The van der Waals surface area contributed by atoms with Crippen molar-refractivity contribution in [1.82, 2.24) is 5.32 Å². The predicted molar refractivity (Wildman–Crippen MR) is 77.4 cm³/mol. The standard InChI is InChI=1S/C16H18F3NO2/c1-2-3-4-5-7-13-8-6-9-14(12-13)22-11-10-20-15(21)16(17,18)19/h6,8-9,12H,2-4,10-11H2,1H3,(H,20,21). The number of unbranched alkanes of at least 4 members (excludes halogenated alkanes) is 2. The molecule has 0 heterocycles. The molecular weight excluding hydrogens is 295 g/mol. The van der Waals surface area contributed by atoms with E-state index >= 15 is 0 Å². The number of ether oxygens (including phenoxy) is 1. The number of nitrogens with one attached hydrogen (secondary N) is 1. The van der Waals surface area contributed by atoms with Gasteiger partial charge in [-0.3, -0.25) is 4.79 Å². The Morgan fingerprint density at radius 2 is 2.14 bits per heavy atom. The molecule has 3 nitrogen and oxygen atoms in total. The number of halogens is 3. The van der Waals surface area contributed by atoms with Crippen LogP contribution in [-0.4, -0.2) is 25.2 Å². The van der Waals surface area contributed by atoms with Gasteiger partial charge >= 0.3 is 12.1 Å². The molecule has 0 atom stereocenters. The monoisotopic (exact) mass is 313 g/mol. The second-order valence-electron chi connectivity index (χ2n) is 4.54. The minimum absolute atomic E-state index is 0.0471. The van der Waals surface area contributed by atoms with E-state index in [1.54, 1.807) is 23.5 Å². The summed E-state index contributed by atoms with van der Waals surface area (Å²) in [7, 11) is 0. The lowest BCUT2D eigenvalue weighted by Crippen LogP contribution is -2.38. The van der Waals surface area contributed by atoms with Crippen LogP contribution in [0.15, 0.2) is 24.3 Å². The molecular formula is C16H18F3NO2. The first kappa shape index (κ1) is 17.9. The van der Waals surface area contributed by atoms with Crippen molar-refractivity contribution in [3.8, 4) is 17.6 Å². The van der Waals surface area contributed by atoms with Crippen LogP contribution < -0.4 is 10.1 Å². The highest BCUT2D eigenvalue weighted by molar-refractivity contribution is 5.81. The first-order chi connectivity index (χ1) is 10.4. The second kappa shape index (κ2) is 8.98. The molecule has 0 aromatic heterocycles. The van der Waals surface area contributed by atoms with Crippen molar-refractivity contribution >= 4 is 5.91 Å². The molecule has 120 valence electrons. The van der Waals surface area contributed by atoms with Crippen LogP contribution in [-0.2, 0) is 4.79 Å². The van der Waals surface area contributed by atoms with Crippen LogP contribution in [0.25, 0.3) is 0 Å². The van der Waals surface area contributed by atoms with E-state index < -0.39 is 12.1 Å². The predicted octanol–water partition coefficient (Wildman–Crippen LogP) is 3.29. The maximum absolute atomic E-state index is 12.0. The molecule has 0 unspecified atom stereocenters. The zero-order valence-corrected chi connectivity index (χ0v) is 12.3. The number of carbonyl (C=O) groups is 1. The Balaban J connectivity index is 2.40. The lowest BCUT2D eigenvalue weighted by Gasteiger charge is -2.09. The largest absolute Gasteiger partial charge is 0.492 e. The summed E-state index contributed by atoms with van der Waals surface area (Å²) < 4.78 is 41.2. The van der Waals surface area contributed by atoms with Crippen molar-refractivity contribution in [2.45, 2.75) is 32.4 Å². The fraction of sp³-hybridized carbons (Fsp3) is 0.438. The van der Waals surface area contributed by atoms with Gasteiger partial charge in [-0.15, -0.1) is 0 Å². The number of amides is 1. The second-order valence-corrected chi connectivity index (χ2v) is 4.54. The van der Waals surface area contributed by atoms with Crippen LogP contribution in [0.1, 0.15) is 31.7 Å². The van der Waals surface area contributed by atoms with Gasteiger partial charge in [0, 0.05) is 12.0 Å². The summed E-state index contributed by atoms with van der Waals surface area (Å²) in [6, 6.07) is 6.98. The number of benzene rings is 1.